The van der Waals surface area contributed by atoms with Gasteiger partial charge in [-0.25, -0.2) is 4.79 Å². The van der Waals surface area contributed by atoms with E-state index in [1.54, 1.807) is 6.07 Å². The summed E-state index contributed by atoms with van der Waals surface area (Å²) in [4.78, 5) is 17.3. The van der Waals surface area contributed by atoms with Crippen molar-refractivity contribution in [3.05, 3.63) is 36.0 Å². The first-order valence-corrected chi connectivity index (χ1v) is 6.87. The molecular weight excluding hydrogens is 256 g/mol. The minimum Gasteiger partial charge on any atom is -0.461 e. The van der Waals surface area contributed by atoms with Gasteiger partial charge in [0.05, 0.1) is 18.8 Å². The second-order valence-electron chi connectivity index (χ2n) is 4.87. The third-order valence-corrected chi connectivity index (χ3v) is 3.54. The number of fused-ring (bicyclic) bond motifs is 1. The Balaban J connectivity index is 1.53. The summed E-state index contributed by atoms with van der Waals surface area (Å²) < 4.78 is 10.6. The molecule has 20 heavy (non-hydrogen) atoms. The van der Waals surface area contributed by atoms with Crippen molar-refractivity contribution in [2.45, 2.75) is 0 Å². The van der Waals surface area contributed by atoms with Crippen molar-refractivity contribution >= 4 is 16.9 Å². The van der Waals surface area contributed by atoms with Crippen molar-refractivity contribution in [3.8, 4) is 0 Å². The van der Waals surface area contributed by atoms with Crippen LogP contribution in [0.4, 0.5) is 0 Å². The molecule has 0 bridgehead atoms. The molecule has 1 N–H and O–H groups in total. The monoisotopic (exact) mass is 274 g/mol. The van der Waals surface area contributed by atoms with Gasteiger partial charge in [-0.15, -0.1) is 0 Å². The minimum absolute atomic E-state index is 0.269. The molecule has 0 unspecified atom stereocenters. The van der Waals surface area contributed by atoms with Gasteiger partial charge in [-0.2, -0.15) is 0 Å². The van der Waals surface area contributed by atoms with Crippen LogP contribution >= 0.6 is 0 Å². The first-order valence-electron chi connectivity index (χ1n) is 6.87. The van der Waals surface area contributed by atoms with Crippen LogP contribution < -0.4 is 0 Å². The van der Waals surface area contributed by atoms with Crippen LogP contribution in [0.1, 0.15) is 10.4 Å². The number of H-pyrrole nitrogens is 1. The number of aromatic amines is 1. The average molecular weight is 274 g/mol. The van der Waals surface area contributed by atoms with Gasteiger partial charge in [-0.1, -0.05) is 6.07 Å². The Kier molecular flexibility index (Phi) is 3.99. The van der Waals surface area contributed by atoms with Gasteiger partial charge >= 0.3 is 5.97 Å². The Morgan fingerprint density at radius 2 is 2.15 bits per heavy atom. The summed E-state index contributed by atoms with van der Waals surface area (Å²) in [6.45, 7) is 4.52. The molecule has 0 saturated carbocycles. The zero-order valence-corrected chi connectivity index (χ0v) is 11.3. The van der Waals surface area contributed by atoms with E-state index >= 15 is 0 Å². The lowest BCUT2D eigenvalue weighted by Gasteiger charge is -2.26. The van der Waals surface area contributed by atoms with E-state index in [0.717, 1.165) is 43.8 Å². The summed E-state index contributed by atoms with van der Waals surface area (Å²) >= 11 is 0. The van der Waals surface area contributed by atoms with Crippen LogP contribution in [-0.2, 0) is 9.47 Å². The highest BCUT2D eigenvalue weighted by Gasteiger charge is 2.12. The van der Waals surface area contributed by atoms with E-state index in [0.29, 0.717) is 12.2 Å². The van der Waals surface area contributed by atoms with Gasteiger partial charge in [-0.05, 0) is 23.6 Å². The van der Waals surface area contributed by atoms with Crippen molar-refractivity contribution in [3.63, 3.8) is 0 Å². The largest absolute Gasteiger partial charge is 0.461 e. The lowest BCUT2D eigenvalue weighted by Crippen LogP contribution is -2.38. The van der Waals surface area contributed by atoms with Gasteiger partial charge in [0.15, 0.2) is 0 Å². The van der Waals surface area contributed by atoms with Gasteiger partial charge in [0.2, 0.25) is 0 Å². The number of morpholine rings is 1. The summed E-state index contributed by atoms with van der Waals surface area (Å²) in [5.74, 6) is -0.269. The number of rotatable bonds is 4. The van der Waals surface area contributed by atoms with Crippen LogP contribution in [0.5, 0.6) is 0 Å². The first kappa shape index (κ1) is 13.1. The van der Waals surface area contributed by atoms with Crippen LogP contribution in [0.2, 0.25) is 0 Å². The highest BCUT2D eigenvalue weighted by Crippen LogP contribution is 2.14. The number of carbonyl (C=O) groups is 1. The number of carbonyl (C=O) groups excluding carboxylic acids is 1. The number of benzene rings is 1. The van der Waals surface area contributed by atoms with Gasteiger partial charge in [0.1, 0.15) is 6.61 Å². The Morgan fingerprint density at radius 1 is 1.30 bits per heavy atom. The van der Waals surface area contributed by atoms with Gasteiger partial charge in [-0.3, -0.25) is 4.90 Å². The van der Waals surface area contributed by atoms with Crippen LogP contribution in [0.3, 0.4) is 0 Å². The standard InChI is InChI=1S/C15H18N2O3/c18-15(20-10-7-17-5-8-19-9-6-17)13-2-1-12-3-4-16-14(12)11-13/h1-4,11,16H,5-10H2. The summed E-state index contributed by atoms with van der Waals surface area (Å²) in [5.41, 5.74) is 1.54. The fourth-order valence-electron chi connectivity index (χ4n) is 2.35. The van der Waals surface area contributed by atoms with Crippen molar-refractivity contribution in [1.82, 2.24) is 9.88 Å². The Morgan fingerprint density at radius 3 is 3.00 bits per heavy atom. The Labute approximate surface area is 117 Å². The van der Waals surface area contributed by atoms with Gasteiger partial charge < -0.3 is 14.5 Å². The number of ether oxygens (including phenoxy) is 2. The summed E-state index contributed by atoms with van der Waals surface area (Å²) in [6.07, 6.45) is 1.86. The molecule has 1 saturated heterocycles. The zero-order valence-electron chi connectivity index (χ0n) is 11.3. The molecular formula is C15H18N2O3. The van der Waals surface area contributed by atoms with Crippen LogP contribution in [-0.4, -0.2) is 55.3 Å². The number of nitrogens with zero attached hydrogens (tertiary/aromatic N) is 1. The third-order valence-electron chi connectivity index (χ3n) is 3.54. The maximum Gasteiger partial charge on any atom is 0.338 e. The van der Waals surface area contributed by atoms with Crippen LogP contribution in [0.25, 0.3) is 10.9 Å². The topological polar surface area (TPSA) is 54.6 Å². The maximum absolute atomic E-state index is 12.0. The molecule has 1 aliphatic rings. The van der Waals surface area contributed by atoms with E-state index in [9.17, 15) is 4.79 Å². The lowest BCUT2D eigenvalue weighted by molar-refractivity contribution is 0.0195. The predicted octanol–water partition coefficient (Wildman–Crippen LogP) is 1.66. The molecule has 2 aromatic rings. The van der Waals surface area contributed by atoms with Gasteiger partial charge in [0, 0.05) is 31.3 Å². The number of nitrogens with one attached hydrogen (secondary N) is 1. The SMILES string of the molecule is O=C(OCCN1CCOCC1)c1ccc2cc[nH]c2c1. The fourth-order valence-corrected chi connectivity index (χ4v) is 2.35. The van der Waals surface area contributed by atoms with E-state index in [1.807, 2.05) is 24.4 Å². The molecule has 0 spiro atoms. The van der Waals surface area contributed by atoms with Crippen molar-refractivity contribution < 1.29 is 14.3 Å². The highest BCUT2D eigenvalue weighted by atomic mass is 16.5. The molecule has 0 aliphatic carbocycles. The van der Waals surface area contributed by atoms with Crippen molar-refractivity contribution in [2.75, 3.05) is 39.5 Å². The lowest BCUT2D eigenvalue weighted by atomic mass is 10.2. The number of esters is 1. The molecule has 0 atom stereocenters. The van der Waals surface area contributed by atoms with E-state index in [4.69, 9.17) is 9.47 Å². The molecule has 2 heterocycles. The minimum atomic E-state index is -0.269. The van der Waals surface area contributed by atoms with Crippen molar-refractivity contribution in [2.24, 2.45) is 0 Å². The fraction of sp³-hybridized carbons (Fsp3) is 0.400. The Bertz CT molecular complexity index is 588. The Hall–Kier alpha value is -1.85. The summed E-state index contributed by atoms with van der Waals surface area (Å²) in [6, 6.07) is 7.52. The first-order chi connectivity index (χ1) is 9.83. The highest BCUT2D eigenvalue weighted by molar-refractivity contribution is 5.94. The summed E-state index contributed by atoms with van der Waals surface area (Å²) in [5, 5.41) is 1.09. The zero-order chi connectivity index (χ0) is 13.8. The molecule has 1 fully saturated rings. The second kappa shape index (κ2) is 6.07. The number of aromatic nitrogens is 1. The van der Waals surface area contributed by atoms with E-state index in [1.165, 1.54) is 0 Å². The quantitative estimate of drug-likeness (QED) is 0.861. The molecule has 1 aromatic heterocycles. The second-order valence-corrected chi connectivity index (χ2v) is 4.87. The number of hydrogen-bond donors (Lipinski definition) is 1. The molecule has 0 radical (unpaired) electrons. The van der Waals surface area contributed by atoms with Crippen LogP contribution in [0.15, 0.2) is 30.5 Å². The van der Waals surface area contributed by atoms with Crippen molar-refractivity contribution in [1.29, 1.82) is 0 Å². The maximum atomic E-state index is 12.0. The molecule has 5 heteroatoms. The molecule has 106 valence electrons. The molecule has 0 amide bonds. The van der Waals surface area contributed by atoms with E-state index < -0.39 is 0 Å². The molecule has 1 aliphatic heterocycles. The third kappa shape index (κ3) is 3.00. The van der Waals surface area contributed by atoms with Crippen LogP contribution in [0, 0.1) is 0 Å². The molecule has 5 nitrogen and oxygen atoms in total. The molecule has 1 aromatic carbocycles. The predicted molar refractivity (Wildman–Crippen MR) is 75.8 cm³/mol. The average Bonchev–Trinajstić information content (AvgIpc) is 2.95. The normalized spacial score (nSPS) is 16.4. The molecule has 3 rings (SSSR count). The smallest absolute Gasteiger partial charge is 0.338 e. The van der Waals surface area contributed by atoms with E-state index in [-0.39, 0.29) is 5.97 Å². The van der Waals surface area contributed by atoms with E-state index in [2.05, 4.69) is 9.88 Å². The number of hydrogen-bond acceptors (Lipinski definition) is 4. The van der Waals surface area contributed by atoms with Gasteiger partial charge in [0.25, 0.3) is 0 Å². The summed E-state index contributed by atoms with van der Waals surface area (Å²) in [7, 11) is 0.